The predicted molar refractivity (Wildman–Crippen MR) is 138 cm³/mol. The number of fused-ring (bicyclic) bond motifs is 1. The lowest BCUT2D eigenvalue weighted by atomic mass is 10.0. The fraction of sp³-hybridized carbons (Fsp3) is 0.538. The van der Waals surface area contributed by atoms with Crippen molar-refractivity contribution in [3.63, 3.8) is 0 Å². The largest absolute Gasteiger partial charge is 0.449 e. The van der Waals surface area contributed by atoms with Gasteiger partial charge in [-0.1, -0.05) is 13.8 Å². The summed E-state index contributed by atoms with van der Waals surface area (Å²) in [6.45, 7) is 11.9. The van der Waals surface area contributed by atoms with Gasteiger partial charge in [-0.3, -0.25) is 0 Å². The van der Waals surface area contributed by atoms with Crippen LogP contribution in [-0.2, 0) is 22.4 Å². The second-order valence-corrected chi connectivity index (χ2v) is 9.62. The molecule has 0 spiro atoms. The molecule has 1 fully saturated rings. The third-order valence-corrected chi connectivity index (χ3v) is 6.21. The molecule has 1 unspecified atom stereocenters. The molecule has 0 radical (unpaired) electrons. The van der Waals surface area contributed by atoms with Gasteiger partial charge in [0.15, 0.2) is 5.82 Å². The van der Waals surface area contributed by atoms with Gasteiger partial charge in [0.1, 0.15) is 5.82 Å². The SMILES string of the molecule is CCNC(=O)Nc1ccc(-c2nc3c(c(N4CCOCC4C)n2)CN(C(=O)OCC(C)C)CC3)cc1. The highest BCUT2D eigenvalue weighted by Crippen LogP contribution is 2.32. The number of anilines is 2. The Hall–Kier alpha value is -3.40. The number of carbonyl (C=O) groups excluding carboxylic acids is 2. The molecule has 0 bridgehead atoms. The van der Waals surface area contributed by atoms with Gasteiger partial charge >= 0.3 is 12.1 Å². The molecule has 2 N–H and O–H groups in total. The van der Waals surface area contributed by atoms with Crippen LogP contribution in [0.5, 0.6) is 0 Å². The molecule has 1 atom stereocenters. The second-order valence-electron chi connectivity index (χ2n) is 9.62. The number of carbonyl (C=O) groups is 2. The molecule has 1 saturated heterocycles. The molecule has 4 rings (SSSR count). The van der Waals surface area contributed by atoms with E-state index in [0.717, 1.165) is 29.2 Å². The van der Waals surface area contributed by atoms with Gasteiger partial charge in [0.2, 0.25) is 0 Å². The lowest BCUT2D eigenvalue weighted by molar-refractivity contribution is 0.0870. The first-order chi connectivity index (χ1) is 17.4. The van der Waals surface area contributed by atoms with Gasteiger partial charge < -0.3 is 29.9 Å². The lowest BCUT2D eigenvalue weighted by Gasteiger charge is -2.38. The molecule has 0 aliphatic carbocycles. The van der Waals surface area contributed by atoms with Gasteiger partial charge in [0.25, 0.3) is 0 Å². The van der Waals surface area contributed by atoms with Crippen LogP contribution < -0.4 is 15.5 Å². The standard InChI is InChI=1S/C26H36N6O4/c1-5-27-25(33)28-20-8-6-19(7-9-20)23-29-22-10-11-31(26(34)36-15-17(2)3)14-21(22)24(30-23)32-12-13-35-16-18(32)4/h6-9,17-18H,5,10-16H2,1-4H3,(H2,27,28,33). The highest BCUT2D eigenvalue weighted by Gasteiger charge is 2.31. The third kappa shape index (κ3) is 6.04. The van der Waals surface area contributed by atoms with Crippen molar-refractivity contribution in [2.24, 2.45) is 5.92 Å². The molecule has 2 aromatic rings. The summed E-state index contributed by atoms with van der Waals surface area (Å²) < 4.78 is 11.1. The molecule has 0 saturated carbocycles. The Labute approximate surface area is 212 Å². The second kappa shape index (κ2) is 11.6. The Balaban J connectivity index is 1.63. The first-order valence-electron chi connectivity index (χ1n) is 12.7. The number of nitrogens with one attached hydrogen (secondary N) is 2. The predicted octanol–water partition coefficient (Wildman–Crippen LogP) is 3.66. The monoisotopic (exact) mass is 496 g/mol. The molecular weight excluding hydrogens is 460 g/mol. The number of nitrogens with zero attached hydrogens (tertiary/aromatic N) is 4. The lowest BCUT2D eigenvalue weighted by Crippen LogP contribution is -2.46. The molecule has 36 heavy (non-hydrogen) atoms. The number of urea groups is 1. The first-order valence-corrected chi connectivity index (χ1v) is 12.7. The molecular formula is C26H36N6O4. The van der Waals surface area contributed by atoms with E-state index in [2.05, 4.69) is 22.5 Å². The van der Waals surface area contributed by atoms with Crippen LogP contribution in [-0.4, -0.2) is 72.5 Å². The van der Waals surface area contributed by atoms with Crippen molar-refractivity contribution >= 4 is 23.6 Å². The molecule has 3 amide bonds. The van der Waals surface area contributed by atoms with Gasteiger partial charge in [-0.05, 0) is 44.0 Å². The van der Waals surface area contributed by atoms with Crippen LogP contribution >= 0.6 is 0 Å². The van der Waals surface area contributed by atoms with E-state index < -0.39 is 0 Å². The summed E-state index contributed by atoms with van der Waals surface area (Å²) in [4.78, 5) is 38.4. The highest BCUT2D eigenvalue weighted by atomic mass is 16.6. The number of hydrogen-bond donors (Lipinski definition) is 2. The molecule has 1 aromatic carbocycles. The summed E-state index contributed by atoms with van der Waals surface area (Å²) in [5.41, 5.74) is 3.47. The zero-order valence-electron chi connectivity index (χ0n) is 21.5. The average Bonchev–Trinajstić information content (AvgIpc) is 2.87. The van der Waals surface area contributed by atoms with E-state index in [-0.39, 0.29) is 24.1 Å². The van der Waals surface area contributed by atoms with E-state index in [4.69, 9.17) is 19.4 Å². The van der Waals surface area contributed by atoms with Crippen molar-refractivity contribution in [2.45, 2.75) is 46.7 Å². The maximum absolute atomic E-state index is 12.7. The molecule has 194 valence electrons. The number of amides is 3. The van der Waals surface area contributed by atoms with Crippen molar-refractivity contribution in [3.8, 4) is 11.4 Å². The van der Waals surface area contributed by atoms with E-state index in [1.54, 1.807) is 4.90 Å². The van der Waals surface area contributed by atoms with Crippen LogP contribution in [0.1, 0.15) is 39.0 Å². The molecule has 10 nitrogen and oxygen atoms in total. The van der Waals surface area contributed by atoms with Crippen molar-refractivity contribution in [1.82, 2.24) is 20.2 Å². The van der Waals surface area contributed by atoms with Crippen LogP contribution in [0.3, 0.4) is 0 Å². The Morgan fingerprint density at radius 3 is 2.67 bits per heavy atom. The van der Waals surface area contributed by atoms with Crippen molar-refractivity contribution in [2.75, 3.05) is 49.7 Å². The number of aromatic nitrogens is 2. The average molecular weight is 497 g/mol. The molecule has 3 heterocycles. The topological polar surface area (TPSA) is 109 Å². The summed E-state index contributed by atoms with van der Waals surface area (Å²) in [6.07, 6.45) is 0.332. The third-order valence-electron chi connectivity index (χ3n) is 6.21. The Morgan fingerprint density at radius 2 is 1.97 bits per heavy atom. The zero-order chi connectivity index (χ0) is 25.7. The van der Waals surface area contributed by atoms with Crippen molar-refractivity contribution in [3.05, 3.63) is 35.5 Å². The van der Waals surface area contributed by atoms with Gasteiger partial charge in [0.05, 0.1) is 38.1 Å². The first kappa shape index (κ1) is 25.7. The minimum atomic E-state index is -0.297. The van der Waals surface area contributed by atoms with Gasteiger partial charge in [0, 0.05) is 42.9 Å². The van der Waals surface area contributed by atoms with Crippen LogP contribution in [0.25, 0.3) is 11.4 Å². The molecule has 10 heteroatoms. The summed E-state index contributed by atoms with van der Waals surface area (Å²) in [7, 11) is 0. The van der Waals surface area contributed by atoms with Crippen molar-refractivity contribution < 1.29 is 19.1 Å². The summed E-state index contributed by atoms with van der Waals surface area (Å²) in [5.74, 6) is 1.75. The van der Waals surface area contributed by atoms with Crippen LogP contribution in [0.2, 0.25) is 0 Å². The number of ether oxygens (including phenoxy) is 2. The molecule has 2 aliphatic heterocycles. The maximum atomic E-state index is 12.7. The van der Waals surface area contributed by atoms with E-state index in [1.165, 1.54) is 0 Å². The quantitative estimate of drug-likeness (QED) is 0.628. The fourth-order valence-electron chi connectivity index (χ4n) is 4.33. The molecule has 2 aliphatic rings. The van der Waals surface area contributed by atoms with Crippen LogP contribution in [0.4, 0.5) is 21.1 Å². The van der Waals surface area contributed by atoms with Crippen LogP contribution in [0.15, 0.2) is 24.3 Å². The number of benzene rings is 1. The summed E-state index contributed by atoms with van der Waals surface area (Å²) in [5, 5.41) is 5.53. The minimum absolute atomic E-state index is 0.150. The van der Waals surface area contributed by atoms with E-state index in [1.807, 2.05) is 45.0 Å². The Bertz CT molecular complexity index is 1070. The normalized spacial score (nSPS) is 17.5. The summed E-state index contributed by atoms with van der Waals surface area (Å²) >= 11 is 0. The Kier molecular flexibility index (Phi) is 8.25. The maximum Gasteiger partial charge on any atom is 0.410 e. The summed E-state index contributed by atoms with van der Waals surface area (Å²) in [6, 6.07) is 7.42. The minimum Gasteiger partial charge on any atom is -0.449 e. The van der Waals surface area contributed by atoms with E-state index in [9.17, 15) is 9.59 Å². The number of morpholine rings is 1. The van der Waals surface area contributed by atoms with E-state index >= 15 is 0 Å². The fourth-order valence-corrected chi connectivity index (χ4v) is 4.33. The van der Waals surface area contributed by atoms with Crippen LogP contribution in [0, 0.1) is 5.92 Å². The van der Waals surface area contributed by atoms with Gasteiger partial charge in [-0.15, -0.1) is 0 Å². The Morgan fingerprint density at radius 1 is 1.19 bits per heavy atom. The van der Waals surface area contributed by atoms with E-state index in [0.29, 0.717) is 57.4 Å². The number of rotatable bonds is 6. The van der Waals surface area contributed by atoms with Crippen molar-refractivity contribution in [1.29, 1.82) is 0 Å². The molecule has 1 aromatic heterocycles. The zero-order valence-corrected chi connectivity index (χ0v) is 21.5. The smallest absolute Gasteiger partial charge is 0.410 e. The highest BCUT2D eigenvalue weighted by molar-refractivity contribution is 5.89. The van der Waals surface area contributed by atoms with Gasteiger partial charge in [-0.2, -0.15) is 0 Å². The number of hydrogen-bond acceptors (Lipinski definition) is 7. The van der Waals surface area contributed by atoms with Gasteiger partial charge in [-0.25, -0.2) is 19.6 Å².